The molecule has 0 aliphatic carbocycles. The predicted octanol–water partition coefficient (Wildman–Crippen LogP) is 5.58. The maximum absolute atomic E-state index is 13.1. The second kappa shape index (κ2) is 11.6. The standard InChI is InChI=1S/C23H28Cl2N2O2S/c1-15(2)12-26-23(29)17(4)27(13-18-7-10-20(24)21(25)11-18)22(28)14-30-19-8-5-16(3)6-9-19/h5-11,15,17H,12-14H2,1-4H3,(H,26,29). The van der Waals surface area contributed by atoms with E-state index >= 15 is 0 Å². The fourth-order valence-electron chi connectivity index (χ4n) is 2.73. The van der Waals surface area contributed by atoms with Gasteiger partial charge in [0.2, 0.25) is 11.8 Å². The number of hydrogen-bond acceptors (Lipinski definition) is 3. The zero-order valence-electron chi connectivity index (χ0n) is 17.7. The number of hydrogen-bond donors (Lipinski definition) is 1. The number of carbonyl (C=O) groups is 2. The summed E-state index contributed by atoms with van der Waals surface area (Å²) in [7, 11) is 0. The number of thioether (sulfide) groups is 1. The maximum Gasteiger partial charge on any atom is 0.242 e. The van der Waals surface area contributed by atoms with Gasteiger partial charge in [0.25, 0.3) is 0 Å². The molecule has 2 rings (SSSR count). The van der Waals surface area contributed by atoms with Gasteiger partial charge < -0.3 is 10.2 Å². The van der Waals surface area contributed by atoms with Crippen LogP contribution >= 0.6 is 35.0 Å². The first-order valence-electron chi connectivity index (χ1n) is 9.88. The number of rotatable bonds is 9. The summed E-state index contributed by atoms with van der Waals surface area (Å²) in [5.41, 5.74) is 1.99. The lowest BCUT2D eigenvalue weighted by molar-refractivity contribution is -0.138. The van der Waals surface area contributed by atoms with Crippen LogP contribution in [0.1, 0.15) is 31.9 Å². The molecule has 1 unspecified atom stereocenters. The average Bonchev–Trinajstić information content (AvgIpc) is 2.71. The lowest BCUT2D eigenvalue weighted by Gasteiger charge is -2.29. The van der Waals surface area contributed by atoms with Gasteiger partial charge in [-0.1, -0.05) is 60.8 Å². The summed E-state index contributed by atoms with van der Waals surface area (Å²) in [6.07, 6.45) is 0. The minimum atomic E-state index is -0.607. The Labute approximate surface area is 193 Å². The van der Waals surface area contributed by atoms with E-state index in [1.54, 1.807) is 24.0 Å². The minimum Gasteiger partial charge on any atom is -0.354 e. The summed E-state index contributed by atoms with van der Waals surface area (Å²) in [6, 6.07) is 12.7. The van der Waals surface area contributed by atoms with E-state index in [0.717, 1.165) is 10.5 Å². The minimum absolute atomic E-state index is 0.112. The number of nitrogens with one attached hydrogen (secondary N) is 1. The zero-order valence-corrected chi connectivity index (χ0v) is 20.1. The molecule has 162 valence electrons. The summed E-state index contributed by atoms with van der Waals surface area (Å²) in [6.45, 7) is 8.68. The molecule has 1 N–H and O–H groups in total. The molecule has 30 heavy (non-hydrogen) atoms. The van der Waals surface area contributed by atoms with Crippen molar-refractivity contribution in [2.75, 3.05) is 12.3 Å². The fraction of sp³-hybridized carbons (Fsp3) is 0.391. The molecule has 0 fully saturated rings. The highest BCUT2D eigenvalue weighted by Gasteiger charge is 2.26. The van der Waals surface area contributed by atoms with E-state index in [0.29, 0.717) is 22.5 Å². The third-order valence-corrected chi connectivity index (χ3v) is 6.31. The molecule has 0 aliphatic rings. The van der Waals surface area contributed by atoms with Crippen LogP contribution in [0.25, 0.3) is 0 Å². The van der Waals surface area contributed by atoms with E-state index in [4.69, 9.17) is 23.2 Å². The van der Waals surface area contributed by atoms with Gasteiger partial charge in [-0.25, -0.2) is 0 Å². The number of halogens is 2. The molecular formula is C23H28Cl2N2O2S. The van der Waals surface area contributed by atoms with Crippen molar-refractivity contribution in [3.05, 3.63) is 63.6 Å². The Balaban J connectivity index is 2.15. The molecule has 1 atom stereocenters. The monoisotopic (exact) mass is 466 g/mol. The highest BCUT2D eigenvalue weighted by molar-refractivity contribution is 8.00. The lowest BCUT2D eigenvalue weighted by Crippen LogP contribution is -2.48. The molecule has 0 bridgehead atoms. The Morgan fingerprint density at radius 1 is 1.03 bits per heavy atom. The van der Waals surface area contributed by atoms with Crippen LogP contribution in [-0.2, 0) is 16.1 Å². The van der Waals surface area contributed by atoms with E-state index in [1.807, 2.05) is 51.1 Å². The normalized spacial score (nSPS) is 12.0. The molecule has 4 nitrogen and oxygen atoms in total. The molecule has 2 amide bonds. The van der Waals surface area contributed by atoms with Gasteiger partial charge in [0.15, 0.2) is 0 Å². The Morgan fingerprint density at radius 2 is 1.70 bits per heavy atom. The number of nitrogens with zero attached hydrogens (tertiary/aromatic N) is 1. The second-order valence-corrected chi connectivity index (χ2v) is 9.55. The van der Waals surface area contributed by atoms with Crippen LogP contribution in [-0.4, -0.2) is 35.1 Å². The van der Waals surface area contributed by atoms with Crippen LogP contribution in [0.5, 0.6) is 0 Å². The van der Waals surface area contributed by atoms with E-state index in [1.165, 1.54) is 17.3 Å². The Hall–Kier alpha value is -1.69. The van der Waals surface area contributed by atoms with Crippen molar-refractivity contribution in [3.63, 3.8) is 0 Å². The maximum atomic E-state index is 13.1. The number of carbonyl (C=O) groups excluding carboxylic acids is 2. The van der Waals surface area contributed by atoms with Crippen molar-refractivity contribution in [1.29, 1.82) is 0 Å². The van der Waals surface area contributed by atoms with Crippen molar-refractivity contribution in [1.82, 2.24) is 10.2 Å². The highest BCUT2D eigenvalue weighted by Crippen LogP contribution is 2.25. The summed E-state index contributed by atoms with van der Waals surface area (Å²) in [5.74, 6) is 0.292. The summed E-state index contributed by atoms with van der Waals surface area (Å²) < 4.78 is 0. The molecule has 0 radical (unpaired) electrons. The highest BCUT2D eigenvalue weighted by atomic mass is 35.5. The Morgan fingerprint density at radius 3 is 2.30 bits per heavy atom. The number of benzene rings is 2. The molecular weight excluding hydrogens is 439 g/mol. The average molecular weight is 467 g/mol. The molecule has 0 spiro atoms. The molecule has 0 saturated heterocycles. The topological polar surface area (TPSA) is 49.4 Å². The van der Waals surface area contributed by atoms with Crippen LogP contribution in [0.2, 0.25) is 10.0 Å². The predicted molar refractivity (Wildman–Crippen MR) is 126 cm³/mol. The van der Waals surface area contributed by atoms with Crippen molar-refractivity contribution in [3.8, 4) is 0 Å². The first kappa shape index (κ1) is 24.6. The van der Waals surface area contributed by atoms with Gasteiger partial charge >= 0.3 is 0 Å². The summed E-state index contributed by atoms with van der Waals surface area (Å²) in [5, 5.41) is 3.79. The van der Waals surface area contributed by atoms with E-state index < -0.39 is 6.04 Å². The van der Waals surface area contributed by atoms with E-state index in [2.05, 4.69) is 5.32 Å². The van der Waals surface area contributed by atoms with Gasteiger partial charge in [0, 0.05) is 18.0 Å². The summed E-state index contributed by atoms with van der Waals surface area (Å²) in [4.78, 5) is 28.4. The third-order valence-electron chi connectivity index (χ3n) is 4.57. The smallest absolute Gasteiger partial charge is 0.242 e. The van der Waals surface area contributed by atoms with E-state index in [9.17, 15) is 9.59 Å². The third kappa shape index (κ3) is 7.53. The van der Waals surface area contributed by atoms with Crippen molar-refractivity contribution in [2.24, 2.45) is 5.92 Å². The van der Waals surface area contributed by atoms with Gasteiger partial charge in [-0.2, -0.15) is 0 Å². The van der Waals surface area contributed by atoms with Crippen molar-refractivity contribution < 1.29 is 9.59 Å². The quantitative estimate of drug-likeness (QED) is 0.490. The molecule has 0 heterocycles. The van der Waals surface area contributed by atoms with Crippen LogP contribution in [0.4, 0.5) is 0 Å². The molecule has 0 saturated carbocycles. The molecule has 2 aromatic carbocycles. The van der Waals surface area contributed by atoms with Crippen molar-refractivity contribution in [2.45, 2.75) is 45.2 Å². The van der Waals surface area contributed by atoms with Gasteiger partial charge in [0.1, 0.15) is 6.04 Å². The van der Waals surface area contributed by atoms with Gasteiger partial charge in [-0.15, -0.1) is 11.8 Å². The lowest BCUT2D eigenvalue weighted by atomic mass is 10.1. The fourth-order valence-corrected chi connectivity index (χ4v) is 3.84. The first-order valence-corrected chi connectivity index (χ1v) is 11.6. The van der Waals surface area contributed by atoms with Crippen LogP contribution in [0.3, 0.4) is 0 Å². The Bertz CT molecular complexity index is 872. The zero-order chi connectivity index (χ0) is 22.3. The molecule has 0 aliphatic heterocycles. The summed E-state index contributed by atoms with van der Waals surface area (Å²) >= 11 is 13.6. The molecule has 0 aromatic heterocycles. The Kier molecular flexibility index (Phi) is 9.53. The van der Waals surface area contributed by atoms with Gasteiger partial charge in [-0.3, -0.25) is 9.59 Å². The number of amides is 2. The first-order chi connectivity index (χ1) is 14.2. The van der Waals surface area contributed by atoms with E-state index in [-0.39, 0.29) is 24.1 Å². The van der Waals surface area contributed by atoms with Crippen LogP contribution < -0.4 is 5.32 Å². The number of aryl methyl sites for hydroxylation is 1. The van der Waals surface area contributed by atoms with Gasteiger partial charge in [0.05, 0.1) is 15.8 Å². The van der Waals surface area contributed by atoms with Crippen LogP contribution in [0, 0.1) is 12.8 Å². The SMILES string of the molecule is Cc1ccc(SCC(=O)N(Cc2ccc(Cl)c(Cl)c2)C(C)C(=O)NCC(C)C)cc1. The largest absolute Gasteiger partial charge is 0.354 e. The second-order valence-electron chi connectivity index (χ2n) is 7.69. The molecule has 2 aromatic rings. The van der Waals surface area contributed by atoms with Gasteiger partial charge in [-0.05, 0) is 49.6 Å². The van der Waals surface area contributed by atoms with Crippen LogP contribution in [0.15, 0.2) is 47.4 Å². The molecule has 7 heteroatoms. The van der Waals surface area contributed by atoms with Crippen molar-refractivity contribution >= 4 is 46.8 Å².